The van der Waals surface area contributed by atoms with E-state index < -0.39 is 0 Å². The van der Waals surface area contributed by atoms with E-state index >= 15 is 0 Å². The second kappa shape index (κ2) is 10.3. The lowest BCUT2D eigenvalue weighted by atomic mass is 9.76. The minimum atomic E-state index is 0. The van der Waals surface area contributed by atoms with Gasteiger partial charge in [0.2, 0.25) is 0 Å². The minimum absolute atomic E-state index is 0. The van der Waals surface area contributed by atoms with E-state index in [2.05, 4.69) is 53.4 Å². The molecule has 2 aliphatic rings. The summed E-state index contributed by atoms with van der Waals surface area (Å²) in [5, 5.41) is 9.93. The van der Waals surface area contributed by atoms with Crippen LogP contribution in [0.1, 0.15) is 41.4 Å². The van der Waals surface area contributed by atoms with E-state index in [1.165, 1.54) is 37.1 Å². The molecule has 0 aliphatic carbocycles. The molecule has 2 atom stereocenters. The number of nitrogens with zero attached hydrogens (tertiary/aromatic N) is 1. The topological polar surface area (TPSA) is 41.9 Å². The van der Waals surface area contributed by atoms with Gasteiger partial charge in [-0.05, 0) is 55.3 Å². The maximum absolute atomic E-state index is 9.93. The molecule has 1 saturated heterocycles. The second-order valence-electron chi connectivity index (χ2n) is 8.49. The van der Waals surface area contributed by atoms with Gasteiger partial charge in [0.25, 0.3) is 0 Å². The molecule has 0 aromatic heterocycles. The number of phenolic OH excluding ortho intramolecular Hbond substituents is 1. The number of phenols is 1. The lowest BCUT2D eigenvalue weighted by molar-refractivity contribution is 0.237. The Morgan fingerprint density at radius 3 is 2.41 bits per heavy atom. The van der Waals surface area contributed by atoms with Crippen molar-refractivity contribution in [2.75, 3.05) is 32.8 Å². The van der Waals surface area contributed by atoms with Crippen molar-refractivity contribution >= 4 is 12.4 Å². The van der Waals surface area contributed by atoms with Crippen LogP contribution in [-0.2, 0) is 0 Å². The molecule has 5 rings (SSSR count). The highest BCUT2D eigenvalue weighted by Gasteiger charge is 2.33. The van der Waals surface area contributed by atoms with Crippen molar-refractivity contribution in [2.45, 2.75) is 24.7 Å². The van der Waals surface area contributed by atoms with Crippen LogP contribution in [0.5, 0.6) is 17.2 Å². The standard InChI is InChI=1S/C27H29NO3.ClH/c29-22-10-13-24-26(18-22)31-19-25(20-6-2-1-3-7-20)27(24)21-8-11-23(12-9-21)30-17-16-28-14-4-5-15-28;/h1-3,6-13,18,25,27,29H,4-5,14-17,19H2;1H. The Morgan fingerprint density at radius 1 is 0.906 bits per heavy atom. The average Bonchev–Trinajstić information content (AvgIpc) is 3.33. The van der Waals surface area contributed by atoms with Gasteiger partial charge >= 0.3 is 0 Å². The molecule has 0 radical (unpaired) electrons. The quantitative estimate of drug-likeness (QED) is 0.530. The Hall–Kier alpha value is -2.69. The summed E-state index contributed by atoms with van der Waals surface area (Å²) in [5.41, 5.74) is 3.61. The molecule has 3 aromatic carbocycles. The zero-order valence-electron chi connectivity index (χ0n) is 18.2. The third kappa shape index (κ3) is 4.87. The van der Waals surface area contributed by atoms with E-state index in [1.807, 2.05) is 12.1 Å². The molecule has 0 amide bonds. The lowest BCUT2D eigenvalue weighted by Crippen LogP contribution is -2.25. The lowest BCUT2D eigenvalue weighted by Gasteiger charge is -2.34. The summed E-state index contributed by atoms with van der Waals surface area (Å²) in [6.07, 6.45) is 2.61. The largest absolute Gasteiger partial charge is 0.508 e. The minimum Gasteiger partial charge on any atom is -0.508 e. The predicted molar refractivity (Wildman–Crippen MR) is 129 cm³/mol. The SMILES string of the molecule is Cl.Oc1ccc2c(c1)OCC(c1ccccc1)C2c1ccc(OCCN2CCCC2)cc1. The first-order chi connectivity index (χ1) is 15.3. The fraction of sp³-hybridized carbons (Fsp3) is 0.333. The number of likely N-dealkylation sites (tertiary alicyclic amines) is 1. The summed E-state index contributed by atoms with van der Waals surface area (Å²) in [6.45, 7) is 4.70. The van der Waals surface area contributed by atoms with Crippen molar-refractivity contribution in [3.63, 3.8) is 0 Å². The van der Waals surface area contributed by atoms with E-state index in [0.717, 1.165) is 30.2 Å². The Morgan fingerprint density at radius 2 is 1.66 bits per heavy atom. The predicted octanol–water partition coefficient (Wildman–Crippen LogP) is 5.60. The molecular formula is C27H30ClNO3. The molecular weight excluding hydrogens is 422 g/mol. The van der Waals surface area contributed by atoms with Crippen LogP contribution >= 0.6 is 12.4 Å². The van der Waals surface area contributed by atoms with Crippen molar-refractivity contribution in [1.29, 1.82) is 0 Å². The summed E-state index contributed by atoms with van der Waals surface area (Å²) < 4.78 is 12.1. The molecule has 2 heterocycles. The van der Waals surface area contributed by atoms with Gasteiger partial charge in [-0.3, -0.25) is 4.90 Å². The number of benzene rings is 3. The molecule has 3 aromatic rings. The van der Waals surface area contributed by atoms with Crippen LogP contribution in [0.3, 0.4) is 0 Å². The first-order valence-corrected chi connectivity index (χ1v) is 11.2. The van der Waals surface area contributed by atoms with Crippen LogP contribution in [0.2, 0.25) is 0 Å². The molecule has 0 saturated carbocycles. The van der Waals surface area contributed by atoms with E-state index in [0.29, 0.717) is 6.61 Å². The maximum atomic E-state index is 9.93. The van der Waals surface area contributed by atoms with Crippen LogP contribution in [0.25, 0.3) is 0 Å². The number of hydrogen-bond acceptors (Lipinski definition) is 4. The van der Waals surface area contributed by atoms with Crippen molar-refractivity contribution in [3.05, 3.63) is 89.5 Å². The maximum Gasteiger partial charge on any atom is 0.126 e. The smallest absolute Gasteiger partial charge is 0.126 e. The molecule has 4 nitrogen and oxygen atoms in total. The number of ether oxygens (including phenoxy) is 2. The number of hydrogen-bond donors (Lipinski definition) is 1. The Bertz CT molecular complexity index is 1000. The molecule has 32 heavy (non-hydrogen) atoms. The molecule has 1 fully saturated rings. The van der Waals surface area contributed by atoms with Gasteiger partial charge in [0.05, 0.1) is 6.61 Å². The zero-order chi connectivity index (χ0) is 21.0. The van der Waals surface area contributed by atoms with Gasteiger partial charge in [0.15, 0.2) is 0 Å². The van der Waals surface area contributed by atoms with Crippen molar-refractivity contribution in [3.8, 4) is 17.2 Å². The summed E-state index contributed by atoms with van der Waals surface area (Å²) in [7, 11) is 0. The Labute approximate surface area is 196 Å². The molecule has 2 unspecified atom stereocenters. The number of aromatic hydroxyl groups is 1. The van der Waals surface area contributed by atoms with E-state index in [1.54, 1.807) is 12.1 Å². The van der Waals surface area contributed by atoms with Gasteiger partial charge < -0.3 is 14.6 Å². The fourth-order valence-corrected chi connectivity index (χ4v) is 4.87. The van der Waals surface area contributed by atoms with Crippen molar-refractivity contribution < 1.29 is 14.6 Å². The summed E-state index contributed by atoms with van der Waals surface area (Å²) in [4.78, 5) is 2.47. The molecule has 0 bridgehead atoms. The van der Waals surface area contributed by atoms with Crippen LogP contribution in [-0.4, -0.2) is 42.9 Å². The van der Waals surface area contributed by atoms with Gasteiger partial charge in [-0.25, -0.2) is 0 Å². The van der Waals surface area contributed by atoms with Gasteiger partial charge in [-0.15, -0.1) is 12.4 Å². The van der Waals surface area contributed by atoms with E-state index in [4.69, 9.17) is 9.47 Å². The number of rotatable bonds is 6. The first kappa shape index (κ1) is 22.5. The van der Waals surface area contributed by atoms with Gasteiger partial charge in [-0.1, -0.05) is 48.5 Å². The van der Waals surface area contributed by atoms with Crippen LogP contribution in [0.4, 0.5) is 0 Å². The third-order valence-electron chi connectivity index (χ3n) is 6.49. The van der Waals surface area contributed by atoms with E-state index in [-0.39, 0.29) is 30.0 Å². The van der Waals surface area contributed by atoms with Crippen molar-refractivity contribution in [1.82, 2.24) is 4.90 Å². The first-order valence-electron chi connectivity index (χ1n) is 11.2. The summed E-state index contributed by atoms with van der Waals surface area (Å²) >= 11 is 0. The Balaban J connectivity index is 0.00000245. The summed E-state index contributed by atoms with van der Waals surface area (Å²) in [5.74, 6) is 2.28. The zero-order valence-corrected chi connectivity index (χ0v) is 19.0. The Kier molecular flexibility index (Phi) is 7.23. The molecule has 0 spiro atoms. The number of fused-ring (bicyclic) bond motifs is 1. The van der Waals surface area contributed by atoms with Crippen LogP contribution in [0, 0.1) is 0 Å². The summed E-state index contributed by atoms with van der Waals surface area (Å²) in [6, 6.07) is 24.5. The van der Waals surface area contributed by atoms with Crippen molar-refractivity contribution in [2.24, 2.45) is 0 Å². The molecule has 1 N–H and O–H groups in total. The normalized spacial score (nSPS) is 20.1. The van der Waals surface area contributed by atoms with Gasteiger partial charge in [-0.2, -0.15) is 0 Å². The third-order valence-corrected chi connectivity index (χ3v) is 6.49. The fourth-order valence-electron chi connectivity index (χ4n) is 4.87. The molecule has 2 aliphatic heterocycles. The molecule has 5 heteroatoms. The van der Waals surface area contributed by atoms with Gasteiger partial charge in [0, 0.05) is 30.0 Å². The highest BCUT2D eigenvalue weighted by Crippen LogP contribution is 2.47. The van der Waals surface area contributed by atoms with Gasteiger partial charge in [0.1, 0.15) is 23.9 Å². The number of halogens is 1. The second-order valence-corrected chi connectivity index (χ2v) is 8.49. The average molecular weight is 452 g/mol. The van der Waals surface area contributed by atoms with Crippen LogP contribution in [0.15, 0.2) is 72.8 Å². The molecule has 168 valence electrons. The highest BCUT2D eigenvalue weighted by molar-refractivity contribution is 5.85. The monoisotopic (exact) mass is 451 g/mol. The van der Waals surface area contributed by atoms with E-state index in [9.17, 15) is 5.11 Å². The van der Waals surface area contributed by atoms with Crippen LogP contribution < -0.4 is 9.47 Å². The highest BCUT2D eigenvalue weighted by atomic mass is 35.5.